The van der Waals surface area contributed by atoms with E-state index in [0.29, 0.717) is 26.0 Å². The Morgan fingerprint density at radius 2 is 2.08 bits per heavy atom. The smallest absolute Gasteiger partial charge is 0.220 e. The van der Waals surface area contributed by atoms with Crippen molar-refractivity contribution >= 4 is 16.9 Å². The second-order valence-electron chi connectivity index (χ2n) is 5.75. The fourth-order valence-electron chi connectivity index (χ4n) is 2.49. The standard InChI is InChI=1S/C19H21N3O2/c1-14-6-4-7-15(12-14)24-11-5-10-19(23)20-13-18-21-16-8-2-3-9-17(16)22-18/h2-4,6-9,12H,5,10-11,13H2,1H3,(H,20,23)(H,21,22). The number of fused-ring (bicyclic) bond motifs is 1. The largest absolute Gasteiger partial charge is 0.494 e. The predicted octanol–water partition coefficient (Wildman–Crippen LogP) is 3.35. The topological polar surface area (TPSA) is 67.0 Å². The molecule has 0 fully saturated rings. The first-order valence-electron chi connectivity index (χ1n) is 8.10. The first kappa shape index (κ1) is 16.1. The summed E-state index contributed by atoms with van der Waals surface area (Å²) in [5.41, 5.74) is 3.05. The van der Waals surface area contributed by atoms with E-state index in [9.17, 15) is 4.79 Å². The first-order chi connectivity index (χ1) is 11.7. The highest BCUT2D eigenvalue weighted by molar-refractivity contribution is 5.76. The third-order valence-corrected chi connectivity index (χ3v) is 3.70. The van der Waals surface area contributed by atoms with Gasteiger partial charge in [0, 0.05) is 6.42 Å². The zero-order valence-corrected chi connectivity index (χ0v) is 13.7. The van der Waals surface area contributed by atoms with E-state index >= 15 is 0 Å². The van der Waals surface area contributed by atoms with Crippen molar-refractivity contribution in [3.8, 4) is 5.75 Å². The molecule has 24 heavy (non-hydrogen) atoms. The molecule has 3 rings (SSSR count). The monoisotopic (exact) mass is 323 g/mol. The number of hydrogen-bond acceptors (Lipinski definition) is 3. The maximum atomic E-state index is 11.9. The van der Waals surface area contributed by atoms with Crippen LogP contribution in [0.1, 0.15) is 24.2 Å². The summed E-state index contributed by atoms with van der Waals surface area (Å²) >= 11 is 0. The van der Waals surface area contributed by atoms with Gasteiger partial charge in [-0.1, -0.05) is 24.3 Å². The Labute approximate surface area is 141 Å². The second-order valence-corrected chi connectivity index (χ2v) is 5.75. The van der Waals surface area contributed by atoms with Gasteiger partial charge in [0.15, 0.2) is 0 Å². The normalized spacial score (nSPS) is 10.7. The maximum absolute atomic E-state index is 11.9. The molecule has 0 radical (unpaired) electrons. The Bertz CT molecular complexity index is 793. The van der Waals surface area contributed by atoms with E-state index in [-0.39, 0.29) is 5.91 Å². The molecule has 5 nitrogen and oxygen atoms in total. The Balaban J connectivity index is 1.38. The fourth-order valence-corrected chi connectivity index (χ4v) is 2.49. The molecule has 1 amide bonds. The minimum absolute atomic E-state index is 0.00305. The molecular weight excluding hydrogens is 302 g/mol. The van der Waals surface area contributed by atoms with Crippen LogP contribution >= 0.6 is 0 Å². The number of H-pyrrole nitrogens is 1. The number of aryl methyl sites for hydroxylation is 1. The quantitative estimate of drug-likeness (QED) is 0.655. The van der Waals surface area contributed by atoms with Crippen LogP contribution in [0.2, 0.25) is 0 Å². The number of ether oxygens (including phenoxy) is 1. The average molecular weight is 323 g/mol. The zero-order chi connectivity index (χ0) is 16.8. The van der Waals surface area contributed by atoms with Crippen LogP contribution < -0.4 is 10.1 Å². The van der Waals surface area contributed by atoms with Crippen LogP contribution in [0, 0.1) is 6.92 Å². The summed E-state index contributed by atoms with van der Waals surface area (Å²) in [6.07, 6.45) is 1.12. The number of rotatable bonds is 7. The van der Waals surface area contributed by atoms with Gasteiger partial charge in [-0.15, -0.1) is 0 Å². The van der Waals surface area contributed by atoms with Crippen molar-refractivity contribution in [2.45, 2.75) is 26.3 Å². The summed E-state index contributed by atoms with van der Waals surface area (Å²) in [5.74, 6) is 1.61. The molecule has 0 aliphatic heterocycles. The molecule has 5 heteroatoms. The Hall–Kier alpha value is -2.82. The molecule has 0 saturated heterocycles. The average Bonchev–Trinajstić information content (AvgIpc) is 3.00. The molecule has 0 spiro atoms. The lowest BCUT2D eigenvalue weighted by atomic mass is 10.2. The van der Waals surface area contributed by atoms with Crippen LogP contribution in [-0.4, -0.2) is 22.5 Å². The van der Waals surface area contributed by atoms with E-state index in [1.54, 1.807) is 0 Å². The van der Waals surface area contributed by atoms with Crippen molar-refractivity contribution in [1.29, 1.82) is 0 Å². The van der Waals surface area contributed by atoms with E-state index in [0.717, 1.165) is 28.2 Å². The van der Waals surface area contributed by atoms with Crippen molar-refractivity contribution in [3.63, 3.8) is 0 Å². The number of imidazole rings is 1. The summed E-state index contributed by atoms with van der Waals surface area (Å²) in [6, 6.07) is 15.7. The Morgan fingerprint density at radius 3 is 2.92 bits per heavy atom. The van der Waals surface area contributed by atoms with E-state index in [1.165, 1.54) is 0 Å². The van der Waals surface area contributed by atoms with Gasteiger partial charge in [0.25, 0.3) is 0 Å². The van der Waals surface area contributed by atoms with Crippen LogP contribution in [0.15, 0.2) is 48.5 Å². The van der Waals surface area contributed by atoms with E-state index in [2.05, 4.69) is 15.3 Å². The van der Waals surface area contributed by atoms with Gasteiger partial charge >= 0.3 is 0 Å². The third-order valence-electron chi connectivity index (χ3n) is 3.70. The summed E-state index contributed by atoms with van der Waals surface area (Å²) in [4.78, 5) is 19.5. The SMILES string of the molecule is Cc1cccc(OCCCC(=O)NCc2nc3ccccc3[nH]2)c1. The number of nitrogens with zero attached hydrogens (tertiary/aromatic N) is 1. The van der Waals surface area contributed by atoms with Crippen molar-refractivity contribution in [2.24, 2.45) is 0 Å². The first-order valence-corrected chi connectivity index (χ1v) is 8.10. The highest BCUT2D eigenvalue weighted by Crippen LogP contribution is 2.13. The molecule has 0 unspecified atom stereocenters. The minimum Gasteiger partial charge on any atom is -0.494 e. The molecule has 1 heterocycles. The van der Waals surface area contributed by atoms with Gasteiger partial charge in [0.1, 0.15) is 11.6 Å². The minimum atomic E-state index is 0.00305. The third kappa shape index (κ3) is 4.35. The highest BCUT2D eigenvalue weighted by atomic mass is 16.5. The molecule has 0 bridgehead atoms. The predicted molar refractivity (Wildman–Crippen MR) is 93.8 cm³/mol. The second kappa shape index (κ2) is 7.64. The molecule has 124 valence electrons. The number of aromatic nitrogens is 2. The van der Waals surface area contributed by atoms with Crippen LogP contribution in [-0.2, 0) is 11.3 Å². The summed E-state index contributed by atoms with van der Waals surface area (Å²) in [6.45, 7) is 2.96. The molecule has 0 saturated carbocycles. The lowest BCUT2D eigenvalue weighted by molar-refractivity contribution is -0.121. The highest BCUT2D eigenvalue weighted by Gasteiger charge is 2.05. The molecule has 1 aromatic heterocycles. The van der Waals surface area contributed by atoms with Gasteiger partial charge in [-0.05, 0) is 43.2 Å². The van der Waals surface area contributed by atoms with Gasteiger partial charge in [0.2, 0.25) is 5.91 Å². The van der Waals surface area contributed by atoms with E-state index in [1.807, 2.05) is 55.5 Å². The Kier molecular flexibility index (Phi) is 5.11. The van der Waals surface area contributed by atoms with Gasteiger partial charge < -0.3 is 15.0 Å². The summed E-state index contributed by atoms with van der Waals surface area (Å²) in [5, 5.41) is 2.88. The zero-order valence-electron chi connectivity index (χ0n) is 13.7. The molecule has 2 N–H and O–H groups in total. The van der Waals surface area contributed by atoms with E-state index < -0.39 is 0 Å². The number of benzene rings is 2. The van der Waals surface area contributed by atoms with Gasteiger partial charge in [0.05, 0.1) is 24.2 Å². The molecule has 3 aromatic rings. The van der Waals surface area contributed by atoms with Gasteiger partial charge in [-0.3, -0.25) is 4.79 Å². The van der Waals surface area contributed by atoms with Crippen LogP contribution in [0.5, 0.6) is 5.75 Å². The number of carbonyl (C=O) groups excluding carboxylic acids is 1. The fraction of sp³-hybridized carbons (Fsp3) is 0.263. The number of amides is 1. The van der Waals surface area contributed by atoms with Gasteiger partial charge in [-0.2, -0.15) is 0 Å². The van der Waals surface area contributed by atoms with Crippen LogP contribution in [0.3, 0.4) is 0 Å². The summed E-state index contributed by atoms with van der Waals surface area (Å²) < 4.78 is 5.64. The number of aromatic amines is 1. The number of para-hydroxylation sites is 2. The lowest BCUT2D eigenvalue weighted by Crippen LogP contribution is -2.23. The number of carbonyl (C=O) groups is 1. The summed E-state index contributed by atoms with van der Waals surface area (Å²) in [7, 11) is 0. The lowest BCUT2D eigenvalue weighted by Gasteiger charge is -2.07. The van der Waals surface area contributed by atoms with Crippen molar-refractivity contribution in [3.05, 3.63) is 59.9 Å². The molecule has 0 atom stereocenters. The Morgan fingerprint density at radius 1 is 1.21 bits per heavy atom. The number of nitrogens with one attached hydrogen (secondary N) is 2. The molecule has 0 aliphatic rings. The van der Waals surface area contributed by atoms with Crippen molar-refractivity contribution < 1.29 is 9.53 Å². The van der Waals surface area contributed by atoms with Crippen LogP contribution in [0.4, 0.5) is 0 Å². The maximum Gasteiger partial charge on any atom is 0.220 e. The van der Waals surface area contributed by atoms with Crippen LogP contribution in [0.25, 0.3) is 11.0 Å². The van der Waals surface area contributed by atoms with Crippen molar-refractivity contribution in [2.75, 3.05) is 6.61 Å². The number of hydrogen-bond donors (Lipinski definition) is 2. The molecule has 2 aromatic carbocycles. The molecular formula is C19H21N3O2. The molecule has 0 aliphatic carbocycles. The van der Waals surface area contributed by atoms with E-state index in [4.69, 9.17) is 4.74 Å². The van der Waals surface area contributed by atoms with Gasteiger partial charge in [-0.25, -0.2) is 4.98 Å². The van der Waals surface area contributed by atoms with Crippen molar-refractivity contribution in [1.82, 2.24) is 15.3 Å².